The summed E-state index contributed by atoms with van der Waals surface area (Å²) in [6, 6.07) is 4.92. The summed E-state index contributed by atoms with van der Waals surface area (Å²) in [5.74, 6) is 0.274. The van der Waals surface area contributed by atoms with Gasteiger partial charge in [-0.2, -0.15) is 0 Å². The Morgan fingerprint density at radius 2 is 2.11 bits per heavy atom. The summed E-state index contributed by atoms with van der Waals surface area (Å²) in [5, 5.41) is 10.6. The van der Waals surface area contributed by atoms with Gasteiger partial charge in [0.25, 0.3) is 0 Å². The molecule has 94 valence electrons. The van der Waals surface area contributed by atoms with Crippen LogP contribution in [0.15, 0.2) is 22.6 Å². The molecule has 0 saturated heterocycles. The molecule has 2 rings (SSSR count). The molecule has 2 aromatic rings. The number of hydrogen-bond donors (Lipinski definition) is 0. The maximum Gasteiger partial charge on any atom is 0.433 e. The quantitative estimate of drug-likeness (QED) is 0.614. The molecule has 0 spiro atoms. The number of hydrogen-bond acceptors (Lipinski definition) is 4. The first-order chi connectivity index (χ1) is 8.52. The second-order valence-electron chi connectivity index (χ2n) is 4.12. The van der Waals surface area contributed by atoms with Crippen LogP contribution in [-0.4, -0.2) is 9.91 Å². The van der Waals surface area contributed by atoms with Gasteiger partial charge in [-0.15, -0.1) is 0 Å². The van der Waals surface area contributed by atoms with Gasteiger partial charge in [0.05, 0.1) is 6.07 Å². The van der Waals surface area contributed by atoms with E-state index < -0.39 is 4.92 Å². The Morgan fingerprint density at radius 3 is 2.67 bits per heavy atom. The highest BCUT2D eigenvalue weighted by molar-refractivity contribution is 5.64. The van der Waals surface area contributed by atoms with Crippen molar-refractivity contribution in [3.05, 3.63) is 45.3 Å². The Morgan fingerprint density at radius 1 is 1.39 bits per heavy atom. The van der Waals surface area contributed by atoms with E-state index in [9.17, 15) is 10.1 Å². The molecule has 0 N–H and O–H groups in total. The van der Waals surface area contributed by atoms with E-state index in [-0.39, 0.29) is 5.88 Å². The summed E-state index contributed by atoms with van der Waals surface area (Å²) in [6.45, 7) is 5.88. The predicted molar refractivity (Wildman–Crippen MR) is 67.4 cm³/mol. The van der Waals surface area contributed by atoms with E-state index >= 15 is 0 Å². The summed E-state index contributed by atoms with van der Waals surface area (Å²) < 4.78 is 5.24. The molecule has 0 fully saturated rings. The van der Waals surface area contributed by atoms with E-state index in [1.165, 1.54) is 6.07 Å². The summed E-state index contributed by atoms with van der Waals surface area (Å²) in [7, 11) is 0. The molecule has 2 heterocycles. The minimum atomic E-state index is -0.534. The molecule has 0 atom stereocenters. The Balaban J connectivity index is 2.55. The highest BCUT2D eigenvalue weighted by atomic mass is 16.6. The van der Waals surface area contributed by atoms with Crippen molar-refractivity contribution in [2.75, 3.05) is 0 Å². The van der Waals surface area contributed by atoms with Crippen molar-refractivity contribution in [2.45, 2.75) is 27.2 Å². The van der Waals surface area contributed by atoms with Gasteiger partial charge in [-0.05, 0) is 38.0 Å². The van der Waals surface area contributed by atoms with E-state index in [0.717, 1.165) is 28.9 Å². The number of aromatic nitrogens is 1. The molecule has 0 aliphatic heterocycles. The SMILES string of the molecule is CCc1cc(-c2ccc([N+](=O)[O-])o2)c(C)c(C)n1. The Labute approximate surface area is 105 Å². The fourth-order valence-electron chi connectivity index (χ4n) is 1.81. The van der Waals surface area contributed by atoms with Gasteiger partial charge in [-0.25, -0.2) is 0 Å². The van der Waals surface area contributed by atoms with Crippen molar-refractivity contribution < 1.29 is 9.34 Å². The second-order valence-corrected chi connectivity index (χ2v) is 4.12. The van der Waals surface area contributed by atoms with Gasteiger partial charge in [0.15, 0.2) is 0 Å². The molecule has 5 nitrogen and oxygen atoms in total. The third-order valence-electron chi connectivity index (χ3n) is 2.97. The third-order valence-corrected chi connectivity index (χ3v) is 2.97. The van der Waals surface area contributed by atoms with Crippen molar-refractivity contribution in [1.29, 1.82) is 0 Å². The van der Waals surface area contributed by atoms with Crippen molar-refractivity contribution >= 4 is 5.88 Å². The molecule has 0 unspecified atom stereocenters. The predicted octanol–water partition coefficient (Wildman–Crippen LogP) is 3.43. The molecular weight excluding hydrogens is 232 g/mol. The fourth-order valence-corrected chi connectivity index (χ4v) is 1.81. The van der Waals surface area contributed by atoms with Crippen LogP contribution < -0.4 is 0 Å². The lowest BCUT2D eigenvalue weighted by Crippen LogP contribution is -1.96. The fraction of sp³-hybridized carbons (Fsp3) is 0.308. The molecule has 0 bridgehead atoms. The largest absolute Gasteiger partial charge is 0.433 e. The Kier molecular flexibility index (Phi) is 3.14. The van der Waals surface area contributed by atoms with Crippen LogP contribution in [0.25, 0.3) is 11.3 Å². The molecule has 0 aliphatic rings. The highest BCUT2D eigenvalue weighted by Gasteiger charge is 2.16. The first kappa shape index (κ1) is 12.3. The molecule has 0 aliphatic carbocycles. The molecule has 18 heavy (non-hydrogen) atoms. The van der Waals surface area contributed by atoms with E-state index in [4.69, 9.17) is 4.42 Å². The van der Waals surface area contributed by atoms with Gasteiger partial charge in [0.1, 0.15) is 10.7 Å². The van der Waals surface area contributed by atoms with Crippen molar-refractivity contribution in [3.63, 3.8) is 0 Å². The number of pyridine rings is 1. The molecule has 2 aromatic heterocycles. The van der Waals surface area contributed by atoms with E-state index in [2.05, 4.69) is 4.98 Å². The lowest BCUT2D eigenvalue weighted by atomic mass is 10.0. The molecule has 0 radical (unpaired) electrons. The van der Waals surface area contributed by atoms with Crippen molar-refractivity contribution in [2.24, 2.45) is 0 Å². The maximum atomic E-state index is 10.6. The summed E-state index contributed by atoms with van der Waals surface area (Å²) in [5.41, 5.74) is 3.72. The summed E-state index contributed by atoms with van der Waals surface area (Å²) in [6.07, 6.45) is 0.816. The smallest absolute Gasteiger partial charge is 0.401 e. The van der Waals surface area contributed by atoms with Crippen LogP contribution in [0.2, 0.25) is 0 Å². The van der Waals surface area contributed by atoms with Crippen LogP contribution in [0.5, 0.6) is 0 Å². The lowest BCUT2D eigenvalue weighted by molar-refractivity contribution is -0.401. The first-order valence-corrected chi connectivity index (χ1v) is 5.74. The lowest BCUT2D eigenvalue weighted by Gasteiger charge is -2.08. The van der Waals surface area contributed by atoms with Crippen LogP contribution in [0, 0.1) is 24.0 Å². The van der Waals surface area contributed by atoms with Crippen molar-refractivity contribution in [1.82, 2.24) is 4.98 Å². The van der Waals surface area contributed by atoms with E-state index in [0.29, 0.717) is 5.76 Å². The number of nitro groups is 1. The number of rotatable bonds is 3. The summed E-state index contributed by atoms with van der Waals surface area (Å²) in [4.78, 5) is 14.5. The number of aryl methyl sites for hydroxylation is 2. The third kappa shape index (κ3) is 2.11. The minimum absolute atomic E-state index is 0.239. The molecular formula is C13H14N2O3. The van der Waals surface area contributed by atoms with Gasteiger partial charge >= 0.3 is 5.88 Å². The Hall–Kier alpha value is -2.17. The van der Waals surface area contributed by atoms with Crippen LogP contribution >= 0.6 is 0 Å². The zero-order valence-electron chi connectivity index (χ0n) is 10.6. The van der Waals surface area contributed by atoms with Crippen LogP contribution in [0.3, 0.4) is 0 Å². The molecule has 0 saturated carbocycles. The summed E-state index contributed by atoms with van der Waals surface area (Å²) >= 11 is 0. The maximum absolute atomic E-state index is 10.6. The number of furan rings is 1. The van der Waals surface area contributed by atoms with Crippen LogP contribution in [0.4, 0.5) is 5.88 Å². The van der Waals surface area contributed by atoms with Crippen LogP contribution in [-0.2, 0) is 6.42 Å². The van der Waals surface area contributed by atoms with E-state index in [1.54, 1.807) is 6.07 Å². The monoisotopic (exact) mass is 246 g/mol. The second kappa shape index (κ2) is 4.60. The standard InChI is InChI=1S/C13H14N2O3/c1-4-10-7-11(8(2)9(3)14-10)12-5-6-13(18-12)15(16)17/h5-7H,4H2,1-3H3. The number of nitrogens with zero attached hydrogens (tertiary/aromatic N) is 2. The van der Waals surface area contributed by atoms with Crippen LogP contribution in [0.1, 0.15) is 23.9 Å². The Bertz CT molecular complexity index is 602. The average Bonchev–Trinajstić information content (AvgIpc) is 2.82. The first-order valence-electron chi connectivity index (χ1n) is 5.74. The van der Waals surface area contributed by atoms with E-state index in [1.807, 2.05) is 26.8 Å². The topological polar surface area (TPSA) is 69.2 Å². The van der Waals surface area contributed by atoms with Gasteiger partial charge in [0, 0.05) is 17.0 Å². The van der Waals surface area contributed by atoms with Gasteiger partial charge in [0.2, 0.25) is 0 Å². The zero-order valence-corrected chi connectivity index (χ0v) is 10.6. The zero-order chi connectivity index (χ0) is 13.3. The highest BCUT2D eigenvalue weighted by Crippen LogP contribution is 2.30. The molecule has 0 amide bonds. The average molecular weight is 246 g/mol. The molecule has 5 heteroatoms. The normalized spacial score (nSPS) is 10.6. The molecule has 0 aromatic carbocycles. The van der Waals surface area contributed by atoms with Gasteiger partial charge in [-0.3, -0.25) is 15.1 Å². The van der Waals surface area contributed by atoms with Gasteiger partial charge < -0.3 is 4.42 Å². The van der Waals surface area contributed by atoms with Crippen molar-refractivity contribution in [3.8, 4) is 11.3 Å². The minimum Gasteiger partial charge on any atom is -0.401 e. The van der Waals surface area contributed by atoms with Gasteiger partial charge in [-0.1, -0.05) is 6.92 Å².